The topological polar surface area (TPSA) is 71.3 Å². The van der Waals surface area contributed by atoms with Crippen molar-refractivity contribution in [2.24, 2.45) is 0 Å². The molecule has 0 aromatic carbocycles. The van der Waals surface area contributed by atoms with E-state index in [-0.39, 0.29) is 18.0 Å². The molecule has 0 saturated carbocycles. The van der Waals surface area contributed by atoms with Crippen LogP contribution in [0.3, 0.4) is 0 Å². The van der Waals surface area contributed by atoms with Gasteiger partial charge in [-0.3, -0.25) is 0 Å². The van der Waals surface area contributed by atoms with Gasteiger partial charge in [-0.25, -0.2) is 4.79 Å². The molecule has 19 heavy (non-hydrogen) atoms. The number of amides is 2. The molecule has 0 bridgehead atoms. The number of carbonyl (C=O) groups excluding carboxylic acids is 1. The molecule has 1 N–H and O–H groups in total. The highest BCUT2D eigenvalue weighted by molar-refractivity contribution is 5.74. The summed E-state index contributed by atoms with van der Waals surface area (Å²) in [6, 6.07) is 0.156. The van der Waals surface area contributed by atoms with Gasteiger partial charge in [-0.15, -0.1) is 0 Å². The van der Waals surface area contributed by atoms with Gasteiger partial charge in [-0.2, -0.15) is 4.98 Å². The minimum Gasteiger partial charge on any atom is -0.339 e. The molecule has 1 aromatic heterocycles. The molecular weight excluding hydrogens is 244 g/mol. The number of likely N-dealkylation sites (tertiary alicyclic amines) is 1. The van der Waals surface area contributed by atoms with Crippen molar-refractivity contribution in [3.63, 3.8) is 0 Å². The van der Waals surface area contributed by atoms with Gasteiger partial charge < -0.3 is 14.7 Å². The third-order valence-electron chi connectivity index (χ3n) is 3.27. The molecule has 1 aromatic rings. The number of carbonyl (C=O) groups is 1. The predicted molar refractivity (Wildman–Crippen MR) is 70.9 cm³/mol. The number of nitrogens with one attached hydrogen (secondary N) is 1. The van der Waals surface area contributed by atoms with E-state index in [9.17, 15) is 4.79 Å². The van der Waals surface area contributed by atoms with E-state index in [4.69, 9.17) is 4.52 Å². The molecule has 1 saturated heterocycles. The first-order chi connectivity index (χ1) is 9.10. The summed E-state index contributed by atoms with van der Waals surface area (Å²) in [5.41, 5.74) is 0. The molecule has 0 aliphatic carbocycles. The number of urea groups is 1. The molecule has 6 nitrogen and oxygen atoms in total. The van der Waals surface area contributed by atoms with Crippen LogP contribution in [0.5, 0.6) is 0 Å². The van der Waals surface area contributed by atoms with Crippen LogP contribution in [-0.4, -0.2) is 40.2 Å². The molecule has 0 unspecified atom stereocenters. The monoisotopic (exact) mass is 266 g/mol. The van der Waals surface area contributed by atoms with Crippen molar-refractivity contribution in [3.8, 4) is 0 Å². The van der Waals surface area contributed by atoms with E-state index in [1.807, 2.05) is 25.7 Å². The SMILES string of the molecule is CCc1nc([C@H]2CCCN(C(=O)NC(C)C)C2)no1. The standard InChI is InChI=1S/C13H22N4O2/c1-4-11-15-12(16-19-11)10-6-5-7-17(8-10)13(18)14-9(2)3/h9-10H,4-8H2,1-3H3,(H,14,18)/t10-/m0/s1. The van der Waals surface area contributed by atoms with Gasteiger partial charge in [0.25, 0.3) is 0 Å². The first kappa shape index (κ1) is 13.8. The number of rotatable bonds is 3. The number of aromatic nitrogens is 2. The van der Waals surface area contributed by atoms with Gasteiger partial charge in [0.1, 0.15) is 0 Å². The molecule has 106 valence electrons. The maximum atomic E-state index is 12.0. The van der Waals surface area contributed by atoms with Crippen molar-refractivity contribution in [2.45, 2.75) is 52.0 Å². The van der Waals surface area contributed by atoms with E-state index in [0.29, 0.717) is 12.4 Å². The van der Waals surface area contributed by atoms with E-state index in [1.54, 1.807) is 0 Å². The van der Waals surface area contributed by atoms with Gasteiger partial charge in [0.05, 0.1) is 0 Å². The third-order valence-corrected chi connectivity index (χ3v) is 3.27. The highest BCUT2D eigenvalue weighted by Crippen LogP contribution is 2.24. The van der Waals surface area contributed by atoms with Gasteiger partial charge in [0, 0.05) is 31.5 Å². The molecule has 0 spiro atoms. The Morgan fingerprint density at radius 1 is 1.58 bits per heavy atom. The number of hydrogen-bond donors (Lipinski definition) is 1. The Kier molecular flexibility index (Phi) is 4.39. The lowest BCUT2D eigenvalue weighted by Gasteiger charge is -2.31. The predicted octanol–water partition coefficient (Wildman–Crippen LogP) is 1.93. The summed E-state index contributed by atoms with van der Waals surface area (Å²) in [5.74, 6) is 1.59. The Balaban J connectivity index is 1.98. The summed E-state index contributed by atoms with van der Waals surface area (Å²) in [4.78, 5) is 18.2. The zero-order valence-electron chi connectivity index (χ0n) is 11.8. The Hall–Kier alpha value is -1.59. The molecule has 2 rings (SSSR count). The van der Waals surface area contributed by atoms with Gasteiger partial charge in [0.2, 0.25) is 5.89 Å². The van der Waals surface area contributed by atoms with Crippen molar-refractivity contribution in [1.82, 2.24) is 20.4 Å². The summed E-state index contributed by atoms with van der Waals surface area (Å²) >= 11 is 0. The van der Waals surface area contributed by atoms with E-state index in [1.165, 1.54) is 0 Å². The fraction of sp³-hybridized carbons (Fsp3) is 0.769. The highest BCUT2D eigenvalue weighted by atomic mass is 16.5. The smallest absolute Gasteiger partial charge is 0.317 e. The van der Waals surface area contributed by atoms with Crippen LogP contribution < -0.4 is 5.32 Å². The second kappa shape index (κ2) is 6.04. The quantitative estimate of drug-likeness (QED) is 0.907. The molecule has 1 aliphatic rings. The van der Waals surface area contributed by atoms with Crippen LogP contribution in [0.25, 0.3) is 0 Å². The summed E-state index contributed by atoms with van der Waals surface area (Å²) in [7, 11) is 0. The van der Waals surface area contributed by atoms with Gasteiger partial charge in [-0.1, -0.05) is 12.1 Å². The van der Waals surface area contributed by atoms with Crippen molar-refractivity contribution in [3.05, 3.63) is 11.7 Å². The van der Waals surface area contributed by atoms with Gasteiger partial charge in [0.15, 0.2) is 5.82 Å². The van der Waals surface area contributed by atoms with E-state index < -0.39 is 0 Å². The lowest BCUT2D eigenvalue weighted by atomic mass is 9.97. The first-order valence-electron chi connectivity index (χ1n) is 6.98. The minimum absolute atomic E-state index is 0.00101. The Labute approximate surface area is 113 Å². The van der Waals surface area contributed by atoms with Crippen LogP contribution in [0.1, 0.15) is 51.2 Å². The van der Waals surface area contributed by atoms with E-state index in [2.05, 4.69) is 15.5 Å². The second-order valence-electron chi connectivity index (χ2n) is 5.29. The summed E-state index contributed by atoms with van der Waals surface area (Å²) < 4.78 is 5.15. The van der Waals surface area contributed by atoms with Crippen LogP contribution in [0.2, 0.25) is 0 Å². The van der Waals surface area contributed by atoms with Crippen LogP contribution >= 0.6 is 0 Å². The van der Waals surface area contributed by atoms with E-state index in [0.717, 1.165) is 31.6 Å². The largest absolute Gasteiger partial charge is 0.339 e. The molecule has 1 aliphatic heterocycles. The summed E-state index contributed by atoms with van der Waals surface area (Å²) in [6.45, 7) is 7.38. The molecule has 1 atom stereocenters. The van der Waals surface area contributed by atoms with Crippen LogP contribution in [0.15, 0.2) is 4.52 Å². The Morgan fingerprint density at radius 3 is 3.00 bits per heavy atom. The Bertz CT molecular complexity index is 430. The normalized spacial score (nSPS) is 19.8. The van der Waals surface area contributed by atoms with Crippen molar-refractivity contribution in [2.75, 3.05) is 13.1 Å². The average molecular weight is 266 g/mol. The molecule has 6 heteroatoms. The van der Waals surface area contributed by atoms with Gasteiger partial charge >= 0.3 is 6.03 Å². The number of hydrogen-bond acceptors (Lipinski definition) is 4. The fourth-order valence-corrected chi connectivity index (χ4v) is 2.29. The van der Waals surface area contributed by atoms with Crippen LogP contribution in [-0.2, 0) is 6.42 Å². The highest BCUT2D eigenvalue weighted by Gasteiger charge is 2.27. The lowest BCUT2D eigenvalue weighted by molar-refractivity contribution is 0.175. The molecule has 1 fully saturated rings. The van der Waals surface area contributed by atoms with Crippen molar-refractivity contribution in [1.29, 1.82) is 0 Å². The lowest BCUT2D eigenvalue weighted by Crippen LogP contribution is -2.47. The van der Waals surface area contributed by atoms with Crippen LogP contribution in [0, 0.1) is 0 Å². The summed E-state index contributed by atoms with van der Waals surface area (Å²) in [6.07, 6.45) is 2.73. The van der Waals surface area contributed by atoms with Crippen molar-refractivity contribution < 1.29 is 9.32 Å². The maximum absolute atomic E-state index is 12.0. The maximum Gasteiger partial charge on any atom is 0.317 e. The second-order valence-corrected chi connectivity index (χ2v) is 5.29. The summed E-state index contributed by atoms with van der Waals surface area (Å²) in [5, 5.41) is 6.94. The zero-order valence-corrected chi connectivity index (χ0v) is 11.8. The fourth-order valence-electron chi connectivity index (χ4n) is 2.29. The molecule has 2 amide bonds. The van der Waals surface area contributed by atoms with Gasteiger partial charge in [-0.05, 0) is 26.7 Å². The zero-order chi connectivity index (χ0) is 13.8. The van der Waals surface area contributed by atoms with Crippen molar-refractivity contribution >= 4 is 6.03 Å². The average Bonchev–Trinajstić information content (AvgIpc) is 2.87. The minimum atomic E-state index is -0.00101. The molecular formula is C13H22N4O2. The number of nitrogens with zero attached hydrogens (tertiary/aromatic N) is 3. The Morgan fingerprint density at radius 2 is 2.37 bits per heavy atom. The first-order valence-corrected chi connectivity index (χ1v) is 6.98. The third kappa shape index (κ3) is 3.45. The van der Waals surface area contributed by atoms with E-state index >= 15 is 0 Å². The van der Waals surface area contributed by atoms with Crippen LogP contribution in [0.4, 0.5) is 4.79 Å². The molecule has 2 heterocycles. The number of aryl methyl sites for hydroxylation is 1. The molecule has 0 radical (unpaired) electrons. The number of piperidine rings is 1.